The van der Waals surface area contributed by atoms with E-state index < -0.39 is 12.4 Å². The molecule has 0 aromatic rings. The maximum Gasteiger partial charge on any atom is 0.373 e. The smallest absolute Gasteiger partial charge is 0.373 e. The first-order valence-electron chi connectivity index (χ1n) is 2.13. The molecule has 0 aromatic heterocycles. The second kappa shape index (κ2) is 5.75. The predicted octanol–water partition coefficient (Wildman–Crippen LogP) is 1.24. The van der Waals surface area contributed by atoms with Gasteiger partial charge in [-0.05, 0) is 6.92 Å². The molecule has 0 aliphatic heterocycles. The molecular weight excluding hydrogens is 153 g/mol. The van der Waals surface area contributed by atoms with Gasteiger partial charge in [0, 0.05) is 0 Å². The van der Waals surface area contributed by atoms with Crippen molar-refractivity contribution in [2.45, 2.75) is 13.3 Å². The highest BCUT2D eigenvalue weighted by molar-refractivity contribution is 5.85. The van der Waals surface area contributed by atoms with Crippen LogP contribution in [0.2, 0.25) is 0 Å². The molecule has 0 aromatic carbocycles. The predicted molar refractivity (Wildman–Crippen MR) is 29.9 cm³/mol. The Balaban J connectivity index is 0. The Morgan fingerprint density at radius 1 is 1.67 bits per heavy atom. The molecule has 0 fully saturated rings. The van der Waals surface area contributed by atoms with E-state index in [9.17, 15) is 13.6 Å². The molecule has 0 heterocycles. The molecule has 0 N–H and O–H groups in total. The van der Waals surface area contributed by atoms with E-state index in [0.717, 1.165) is 0 Å². The largest absolute Gasteiger partial charge is 0.462 e. The minimum absolute atomic E-state index is 0. The monoisotopic (exact) mass is 160 g/mol. The number of rotatable bonds is 2. The van der Waals surface area contributed by atoms with Gasteiger partial charge in [-0.15, -0.1) is 12.4 Å². The van der Waals surface area contributed by atoms with Gasteiger partial charge in [0.1, 0.15) is 0 Å². The number of ether oxygens (including phenoxy) is 1. The Hall–Kier alpha value is -0.380. The van der Waals surface area contributed by atoms with Gasteiger partial charge in [0.05, 0.1) is 6.61 Å². The van der Waals surface area contributed by atoms with Gasteiger partial charge in [0.2, 0.25) is 0 Å². The lowest BCUT2D eigenvalue weighted by Gasteiger charge is -1.96. The van der Waals surface area contributed by atoms with E-state index >= 15 is 0 Å². The Morgan fingerprint density at radius 3 is 2.22 bits per heavy atom. The molecule has 9 heavy (non-hydrogen) atoms. The molecule has 0 atom stereocenters. The van der Waals surface area contributed by atoms with Crippen LogP contribution in [0, 0.1) is 0 Å². The lowest BCUT2D eigenvalue weighted by molar-refractivity contribution is -0.155. The molecule has 0 unspecified atom stereocenters. The van der Waals surface area contributed by atoms with Crippen molar-refractivity contribution in [3.05, 3.63) is 0 Å². The fourth-order valence-electron chi connectivity index (χ4n) is 0.205. The lowest BCUT2D eigenvalue weighted by atomic mass is 10.7. The van der Waals surface area contributed by atoms with Crippen molar-refractivity contribution in [3.8, 4) is 0 Å². The lowest BCUT2D eigenvalue weighted by Crippen LogP contribution is -2.13. The summed E-state index contributed by atoms with van der Waals surface area (Å²) < 4.78 is 26.2. The van der Waals surface area contributed by atoms with E-state index in [2.05, 4.69) is 4.74 Å². The summed E-state index contributed by atoms with van der Waals surface area (Å²) in [6, 6.07) is 0. The highest BCUT2D eigenvalue weighted by atomic mass is 35.5. The third-order valence-electron chi connectivity index (χ3n) is 0.465. The third kappa shape index (κ3) is 5.49. The number of esters is 1. The van der Waals surface area contributed by atoms with Crippen molar-refractivity contribution in [2.75, 3.05) is 6.61 Å². The average Bonchev–Trinajstić information content (AvgIpc) is 1.67. The van der Waals surface area contributed by atoms with E-state index in [-0.39, 0.29) is 19.0 Å². The number of alkyl halides is 2. The summed E-state index contributed by atoms with van der Waals surface area (Å²) in [6.45, 7) is 1.48. The van der Waals surface area contributed by atoms with Gasteiger partial charge in [-0.3, -0.25) is 0 Å². The first-order valence-corrected chi connectivity index (χ1v) is 2.13. The Labute approximate surface area is 57.6 Å². The number of halogens is 3. The maximum atomic E-state index is 11.1. The Bertz CT molecular complexity index is 86.6. The zero-order chi connectivity index (χ0) is 6.57. The Morgan fingerprint density at radius 2 is 2.11 bits per heavy atom. The molecule has 0 spiro atoms. The van der Waals surface area contributed by atoms with Crippen molar-refractivity contribution in [1.29, 1.82) is 0 Å². The van der Waals surface area contributed by atoms with Crippen molar-refractivity contribution in [2.24, 2.45) is 0 Å². The van der Waals surface area contributed by atoms with Gasteiger partial charge in [-0.2, -0.15) is 8.78 Å². The summed E-state index contributed by atoms with van der Waals surface area (Å²) in [6.07, 6.45) is -2.99. The summed E-state index contributed by atoms with van der Waals surface area (Å²) in [5, 5.41) is 0. The quantitative estimate of drug-likeness (QED) is 0.568. The fourth-order valence-corrected chi connectivity index (χ4v) is 0.205. The number of carbonyl (C=O) groups is 1. The zero-order valence-electron chi connectivity index (χ0n) is 4.77. The molecule has 0 aliphatic carbocycles. The summed E-state index contributed by atoms with van der Waals surface area (Å²) in [5.74, 6) is -1.45. The van der Waals surface area contributed by atoms with Crippen molar-refractivity contribution < 1.29 is 18.3 Å². The molecule has 0 aliphatic rings. The average molecular weight is 161 g/mol. The van der Waals surface area contributed by atoms with E-state index in [1.807, 2.05) is 0 Å². The van der Waals surface area contributed by atoms with Crippen molar-refractivity contribution >= 4 is 18.4 Å². The molecule has 5 heteroatoms. The van der Waals surface area contributed by atoms with Gasteiger partial charge in [-0.25, -0.2) is 4.79 Å². The van der Waals surface area contributed by atoms with Gasteiger partial charge in [0.15, 0.2) is 0 Å². The Kier molecular flexibility index (Phi) is 7.30. The third-order valence-corrected chi connectivity index (χ3v) is 0.465. The minimum Gasteiger partial charge on any atom is -0.462 e. The van der Waals surface area contributed by atoms with Crippen molar-refractivity contribution in [3.63, 3.8) is 0 Å². The van der Waals surface area contributed by atoms with Gasteiger partial charge < -0.3 is 4.74 Å². The van der Waals surface area contributed by atoms with Crippen LogP contribution in [0.4, 0.5) is 8.78 Å². The number of hydrogen-bond donors (Lipinski definition) is 0. The van der Waals surface area contributed by atoms with E-state index in [1.54, 1.807) is 0 Å². The molecule has 0 bridgehead atoms. The minimum atomic E-state index is -2.99. The molecule has 0 rings (SSSR count). The molecule has 0 amide bonds. The molecular formula is C4H7ClF2O2. The molecule has 2 nitrogen and oxygen atoms in total. The summed E-state index contributed by atoms with van der Waals surface area (Å²) >= 11 is 0. The van der Waals surface area contributed by atoms with Crippen LogP contribution in [0.15, 0.2) is 0 Å². The van der Waals surface area contributed by atoms with Crippen LogP contribution in [0.3, 0.4) is 0 Å². The summed E-state index contributed by atoms with van der Waals surface area (Å²) in [7, 11) is 0. The van der Waals surface area contributed by atoms with Crippen LogP contribution in [-0.2, 0) is 9.53 Å². The highest BCUT2D eigenvalue weighted by Crippen LogP contribution is 1.93. The summed E-state index contributed by atoms with van der Waals surface area (Å²) in [5.41, 5.74) is 0. The maximum absolute atomic E-state index is 11.1. The highest BCUT2D eigenvalue weighted by Gasteiger charge is 2.14. The van der Waals surface area contributed by atoms with Crippen LogP contribution in [0.1, 0.15) is 6.92 Å². The van der Waals surface area contributed by atoms with Crippen molar-refractivity contribution in [1.82, 2.24) is 0 Å². The standard InChI is InChI=1S/C4H6F2O2.ClH/c1-2-8-4(7)3(5)6;/h3H,2H2,1H3;1H. The normalized spacial score (nSPS) is 8.44. The zero-order valence-corrected chi connectivity index (χ0v) is 5.58. The topological polar surface area (TPSA) is 26.3 Å². The van der Waals surface area contributed by atoms with E-state index in [0.29, 0.717) is 0 Å². The van der Waals surface area contributed by atoms with Gasteiger partial charge >= 0.3 is 12.4 Å². The second-order valence-corrected chi connectivity index (χ2v) is 1.05. The van der Waals surface area contributed by atoms with Crippen LogP contribution in [0.5, 0.6) is 0 Å². The van der Waals surface area contributed by atoms with E-state index in [1.165, 1.54) is 6.92 Å². The SMILES string of the molecule is CCOC(=O)C(F)F.Cl. The van der Waals surface area contributed by atoms with Gasteiger partial charge in [-0.1, -0.05) is 0 Å². The van der Waals surface area contributed by atoms with Crippen LogP contribution in [-0.4, -0.2) is 19.0 Å². The van der Waals surface area contributed by atoms with Gasteiger partial charge in [0.25, 0.3) is 0 Å². The number of carbonyl (C=O) groups excluding carboxylic acids is 1. The first kappa shape index (κ1) is 11.4. The molecule has 0 saturated carbocycles. The van der Waals surface area contributed by atoms with E-state index in [4.69, 9.17) is 0 Å². The number of hydrogen-bond acceptors (Lipinski definition) is 2. The second-order valence-electron chi connectivity index (χ2n) is 1.05. The fraction of sp³-hybridized carbons (Fsp3) is 0.750. The summed E-state index contributed by atoms with van der Waals surface area (Å²) in [4.78, 5) is 9.77. The van der Waals surface area contributed by atoms with Crippen LogP contribution < -0.4 is 0 Å². The molecule has 0 radical (unpaired) electrons. The first-order chi connectivity index (χ1) is 3.68. The molecule has 0 saturated heterocycles. The molecule has 56 valence electrons. The van der Waals surface area contributed by atoms with Crippen LogP contribution >= 0.6 is 12.4 Å². The van der Waals surface area contributed by atoms with Crippen LogP contribution in [0.25, 0.3) is 0 Å².